The second-order valence-corrected chi connectivity index (χ2v) is 2.66. The number of esters is 1. The molecule has 0 aliphatic heterocycles. The molecule has 1 aromatic rings. The summed E-state index contributed by atoms with van der Waals surface area (Å²) >= 11 is 0. The summed E-state index contributed by atoms with van der Waals surface area (Å²) in [4.78, 5) is 11.2. The molecule has 0 fully saturated rings. The zero-order valence-corrected chi connectivity index (χ0v) is 8.45. The largest absolute Gasteiger partial charge is 0.465 e. The quantitative estimate of drug-likeness (QED) is 0.564. The molecule has 0 aliphatic rings. The van der Waals surface area contributed by atoms with Gasteiger partial charge in [0.1, 0.15) is 5.56 Å². The van der Waals surface area contributed by atoms with Gasteiger partial charge in [-0.05, 0) is 12.1 Å². The predicted molar refractivity (Wildman–Crippen MR) is 50.2 cm³/mol. The summed E-state index contributed by atoms with van der Waals surface area (Å²) in [7, 11) is 2.62. The molecule has 0 unspecified atom stereocenters. The van der Waals surface area contributed by atoms with Gasteiger partial charge in [-0.15, -0.1) is 0 Å². The van der Waals surface area contributed by atoms with Gasteiger partial charge < -0.3 is 14.2 Å². The summed E-state index contributed by atoms with van der Waals surface area (Å²) in [6.07, 6.45) is 0. The van der Waals surface area contributed by atoms with Gasteiger partial charge in [0.15, 0.2) is 18.4 Å². The predicted octanol–water partition coefficient (Wildman–Crippen LogP) is 1.59. The molecule has 1 aromatic carbocycles. The van der Waals surface area contributed by atoms with E-state index in [4.69, 9.17) is 4.74 Å². The number of hydrogen-bond donors (Lipinski definition) is 0. The third-order valence-corrected chi connectivity index (χ3v) is 1.69. The first-order valence-corrected chi connectivity index (χ1v) is 4.19. The minimum Gasteiger partial charge on any atom is -0.465 e. The maximum absolute atomic E-state index is 13.3. The van der Waals surface area contributed by atoms with Crippen LogP contribution in [-0.4, -0.2) is 27.0 Å². The summed E-state index contributed by atoms with van der Waals surface area (Å²) in [5, 5.41) is 0. The van der Waals surface area contributed by atoms with Crippen LogP contribution >= 0.6 is 0 Å². The first kappa shape index (κ1) is 11.5. The Labute approximate surface area is 86.6 Å². The van der Waals surface area contributed by atoms with Crippen molar-refractivity contribution in [3.05, 3.63) is 29.6 Å². The van der Waals surface area contributed by atoms with Crippen LogP contribution in [0.4, 0.5) is 4.39 Å². The summed E-state index contributed by atoms with van der Waals surface area (Å²) in [5.41, 5.74) is 0.0366. The normalized spacial score (nSPS) is 9.80. The minimum absolute atomic E-state index is 0.0366. The van der Waals surface area contributed by atoms with Crippen molar-refractivity contribution in [2.75, 3.05) is 21.0 Å². The third kappa shape index (κ3) is 2.66. The fourth-order valence-corrected chi connectivity index (χ4v) is 1.04. The van der Waals surface area contributed by atoms with E-state index in [1.54, 1.807) is 0 Å². The van der Waals surface area contributed by atoms with Crippen LogP contribution < -0.4 is 4.74 Å². The Balaban J connectivity index is 3.03. The molecule has 5 heteroatoms. The molecule has 0 saturated carbocycles. The topological polar surface area (TPSA) is 44.8 Å². The van der Waals surface area contributed by atoms with Crippen LogP contribution in [0, 0.1) is 5.82 Å². The summed E-state index contributed by atoms with van der Waals surface area (Å²) < 4.78 is 27.3. The van der Waals surface area contributed by atoms with Crippen LogP contribution in [0.2, 0.25) is 0 Å². The highest BCUT2D eigenvalue weighted by atomic mass is 19.1. The van der Waals surface area contributed by atoms with E-state index < -0.39 is 11.8 Å². The Kier molecular flexibility index (Phi) is 4.05. The molecule has 4 nitrogen and oxygen atoms in total. The molecule has 0 bridgehead atoms. The molecule has 0 heterocycles. The van der Waals surface area contributed by atoms with Crippen molar-refractivity contribution in [3.8, 4) is 5.75 Å². The monoisotopic (exact) mass is 214 g/mol. The Bertz CT molecular complexity index is 351. The van der Waals surface area contributed by atoms with Gasteiger partial charge in [-0.25, -0.2) is 9.18 Å². The zero-order valence-electron chi connectivity index (χ0n) is 8.45. The van der Waals surface area contributed by atoms with E-state index in [2.05, 4.69) is 9.47 Å². The van der Waals surface area contributed by atoms with Crippen molar-refractivity contribution < 1.29 is 23.4 Å². The lowest BCUT2D eigenvalue weighted by Crippen LogP contribution is -2.08. The first-order chi connectivity index (χ1) is 7.20. The van der Waals surface area contributed by atoms with Crippen LogP contribution in [0.25, 0.3) is 0 Å². The maximum Gasteiger partial charge on any atom is 0.341 e. The molecular formula is C10H11FO4. The average Bonchev–Trinajstić information content (AvgIpc) is 2.26. The smallest absolute Gasteiger partial charge is 0.341 e. The van der Waals surface area contributed by atoms with Gasteiger partial charge in [-0.2, -0.15) is 0 Å². The van der Waals surface area contributed by atoms with E-state index in [0.717, 1.165) is 0 Å². The van der Waals surface area contributed by atoms with Crippen LogP contribution in [0.1, 0.15) is 10.4 Å². The van der Waals surface area contributed by atoms with Crippen LogP contribution in [0.3, 0.4) is 0 Å². The first-order valence-electron chi connectivity index (χ1n) is 4.19. The van der Waals surface area contributed by atoms with Crippen molar-refractivity contribution in [1.82, 2.24) is 0 Å². The fourth-order valence-electron chi connectivity index (χ4n) is 1.04. The second-order valence-electron chi connectivity index (χ2n) is 2.66. The average molecular weight is 214 g/mol. The molecule has 0 amide bonds. The molecule has 0 aromatic heterocycles. The lowest BCUT2D eigenvalue weighted by molar-refractivity contribution is 0.0440. The van der Waals surface area contributed by atoms with Gasteiger partial charge in [0.05, 0.1) is 7.11 Å². The SMILES string of the molecule is COCOc1c(F)cccc1C(=O)OC. The number of para-hydroxylation sites is 1. The van der Waals surface area contributed by atoms with Gasteiger partial charge in [-0.1, -0.05) is 6.07 Å². The Morgan fingerprint density at radius 1 is 1.40 bits per heavy atom. The highest BCUT2D eigenvalue weighted by Crippen LogP contribution is 2.23. The van der Waals surface area contributed by atoms with E-state index in [-0.39, 0.29) is 18.1 Å². The highest BCUT2D eigenvalue weighted by Gasteiger charge is 2.16. The number of rotatable bonds is 4. The van der Waals surface area contributed by atoms with E-state index >= 15 is 0 Å². The van der Waals surface area contributed by atoms with E-state index in [0.29, 0.717) is 0 Å². The molecule has 0 spiro atoms. The molecule has 82 valence electrons. The zero-order chi connectivity index (χ0) is 11.3. The second kappa shape index (κ2) is 5.31. The number of benzene rings is 1. The van der Waals surface area contributed by atoms with Gasteiger partial charge in [0.25, 0.3) is 0 Å². The molecule has 0 aliphatic carbocycles. The van der Waals surface area contributed by atoms with Crippen molar-refractivity contribution in [2.45, 2.75) is 0 Å². The molecule has 1 rings (SSSR count). The van der Waals surface area contributed by atoms with Crippen LogP contribution in [-0.2, 0) is 9.47 Å². The van der Waals surface area contributed by atoms with Gasteiger partial charge in [-0.3, -0.25) is 0 Å². The summed E-state index contributed by atoms with van der Waals surface area (Å²) in [5.74, 6) is -1.44. The fraction of sp³-hybridized carbons (Fsp3) is 0.300. The number of ether oxygens (including phenoxy) is 3. The Morgan fingerprint density at radius 2 is 2.13 bits per heavy atom. The van der Waals surface area contributed by atoms with E-state index in [9.17, 15) is 9.18 Å². The molecule has 15 heavy (non-hydrogen) atoms. The molecule has 0 N–H and O–H groups in total. The number of hydrogen-bond acceptors (Lipinski definition) is 4. The summed E-state index contributed by atoms with van der Waals surface area (Å²) in [6.45, 7) is -0.134. The van der Waals surface area contributed by atoms with Gasteiger partial charge >= 0.3 is 5.97 Å². The molecule has 0 atom stereocenters. The summed E-state index contributed by atoms with van der Waals surface area (Å²) in [6, 6.07) is 4.01. The lowest BCUT2D eigenvalue weighted by atomic mass is 10.2. The van der Waals surface area contributed by atoms with Crippen LogP contribution in [0.5, 0.6) is 5.75 Å². The Hall–Kier alpha value is -1.62. The minimum atomic E-state index is -0.652. The standard InChI is InChI=1S/C10H11FO4/c1-13-6-15-9-7(10(12)14-2)4-3-5-8(9)11/h3-5H,6H2,1-2H3. The molecule has 0 radical (unpaired) electrons. The van der Waals surface area contributed by atoms with Gasteiger partial charge in [0.2, 0.25) is 0 Å². The van der Waals surface area contributed by atoms with Crippen molar-refractivity contribution in [1.29, 1.82) is 0 Å². The van der Waals surface area contributed by atoms with Crippen molar-refractivity contribution in [3.63, 3.8) is 0 Å². The number of methoxy groups -OCH3 is 2. The van der Waals surface area contributed by atoms with Gasteiger partial charge in [0, 0.05) is 7.11 Å². The van der Waals surface area contributed by atoms with Crippen molar-refractivity contribution in [2.24, 2.45) is 0 Å². The Morgan fingerprint density at radius 3 is 2.73 bits per heavy atom. The maximum atomic E-state index is 13.3. The van der Waals surface area contributed by atoms with Crippen LogP contribution in [0.15, 0.2) is 18.2 Å². The van der Waals surface area contributed by atoms with Crippen molar-refractivity contribution >= 4 is 5.97 Å². The highest BCUT2D eigenvalue weighted by molar-refractivity contribution is 5.92. The lowest BCUT2D eigenvalue weighted by Gasteiger charge is -2.09. The molecule has 0 saturated heterocycles. The third-order valence-electron chi connectivity index (χ3n) is 1.69. The number of carbonyl (C=O) groups is 1. The number of halogens is 1. The van der Waals surface area contributed by atoms with E-state index in [1.807, 2.05) is 0 Å². The molecular weight excluding hydrogens is 203 g/mol. The van der Waals surface area contributed by atoms with E-state index in [1.165, 1.54) is 32.4 Å². The number of carbonyl (C=O) groups excluding carboxylic acids is 1.